The van der Waals surface area contributed by atoms with E-state index in [-0.39, 0.29) is 12.4 Å². The van der Waals surface area contributed by atoms with Crippen molar-refractivity contribution in [2.24, 2.45) is 12.8 Å². The van der Waals surface area contributed by atoms with Crippen LogP contribution in [0.15, 0.2) is 18.2 Å². The van der Waals surface area contributed by atoms with Crippen LogP contribution in [0.25, 0.3) is 0 Å². The van der Waals surface area contributed by atoms with Gasteiger partial charge in [-0.1, -0.05) is 30.1 Å². The maximum atomic E-state index is 7.56. The quantitative estimate of drug-likeness (QED) is 0.654. The number of aryl methyl sites for hydroxylation is 2. The molecule has 21 heavy (non-hydrogen) atoms. The third kappa shape index (κ3) is 3.31. The fourth-order valence-corrected chi connectivity index (χ4v) is 2.47. The van der Waals surface area contributed by atoms with Crippen LogP contribution in [0.1, 0.15) is 23.9 Å². The predicted octanol–water partition coefficient (Wildman–Crippen LogP) is 3.15. The topological polar surface area (TPSA) is 76.9 Å². The number of hydrogen-bond acceptors (Lipinski definition) is 3. The zero-order chi connectivity index (χ0) is 15.6. The minimum atomic E-state index is -0.0768. The van der Waals surface area contributed by atoms with Crippen LogP contribution < -0.4 is 10.5 Å². The van der Waals surface area contributed by atoms with E-state index in [0.717, 1.165) is 17.8 Å². The number of rotatable bonds is 5. The van der Waals surface area contributed by atoms with Gasteiger partial charge in [-0.15, -0.1) is 0 Å². The lowest BCUT2D eigenvalue weighted by Crippen LogP contribution is -2.13. The van der Waals surface area contributed by atoms with E-state index in [4.69, 9.17) is 39.1 Å². The number of nitrogens with one attached hydrogen (secondary N) is 1. The normalized spacial score (nSPS) is 10.7. The van der Waals surface area contributed by atoms with Gasteiger partial charge in [-0.25, -0.2) is 0 Å². The largest absolute Gasteiger partial charge is 0.486 e. The summed E-state index contributed by atoms with van der Waals surface area (Å²) < 4.78 is 7.43. The average Bonchev–Trinajstić information content (AvgIpc) is 2.71. The number of nitrogens with two attached hydrogens (primary N) is 1. The Morgan fingerprint density at radius 1 is 1.43 bits per heavy atom. The minimum Gasteiger partial charge on any atom is -0.486 e. The number of amidine groups is 1. The zero-order valence-corrected chi connectivity index (χ0v) is 13.3. The number of hydrogen-bond donors (Lipinski definition) is 2. The van der Waals surface area contributed by atoms with Crippen LogP contribution in [-0.2, 0) is 20.1 Å². The van der Waals surface area contributed by atoms with Crippen molar-refractivity contribution in [2.75, 3.05) is 0 Å². The number of halogens is 2. The van der Waals surface area contributed by atoms with Gasteiger partial charge in [0.2, 0.25) is 0 Å². The van der Waals surface area contributed by atoms with E-state index in [1.54, 1.807) is 22.9 Å². The Morgan fingerprint density at radius 3 is 2.71 bits per heavy atom. The molecule has 0 unspecified atom stereocenters. The van der Waals surface area contributed by atoms with Crippen LogP contribution in [-0.4, -0.2) is 15.6 Å². The van der Waals surface area contributed by atoms with Crippen molar-refractivity contribution in [1.29, 1.82) is 5.41 Å². The SMILES string of the molecule is CCc1nn(C)c(COc2cc(Cl)ccc2C(=N)N)c1Cl. The summed E-state index contributed by atoms with van der Waals surface area (Å²) in [6.45, 7) is 2.21. The maximum absolute atomic E-state index is 7.56. The molecule has 0 amide bonds. The molecule has 3 N–H and O–H groups in total. The summed E-state index contributed by atoms with van der Waals surface area (Å²) in [5.41, 5.74) is 7.63. The molecule has 1 heterocycles. The highest BCUT2D eigenvalue weighted by Gasteiger charge is 2.15. The highest BCUT2D eigenvalue weighted by molar-refractivity contribution is 6.32. The van der Waals surface area contributed by atoms with E-state index in [2.05, 4.69) is 5.10 Å². The van der Waals surface area contributed by atoms with Gasteiger partial charge in [-0.05, 0) is 24.6 Å². The molecule has 112 valence electrons. The molecule has 0 fully saturated rings. The lowest BCUT2D eigenvalue weighted by atomic mass is 10.2. The zero-order valence-electron chi connectivity index (χ0n) is 11.8. The van der Waals surface area contributed by atoms with Gasteiger partial charge in [0.1, 0.15) is 18.2 Å². The molecule has 0 aliphatic carbocycles. The van der Waals surface area contributed by atoms with E-state index < -0.39 is 0 Å². The second-order valence-electron chi connectivity index (χ2n) is 4.53. The number of benzene rings is 1. The van der Waals surface area contributed by atoms with E-state index in [1.165, 1.54) is 0 Å². The summed E-state index contributed by atoms with van der Waals surface area (Å²) in [4.78, 5) is 0. The lowest BCUT2D eigenvalue weighted by Gasteiger charge is -2.11. The van der Waals surface area contributed by atoms with Crippen LogP contribution in [0.3, 0.4) is 0 Å². The average molecular weight is 327 g/mol. The van der Waals surface area contributed by atoms with Crippen molar-refractivity contribution >= 4 is 29.0 Å². The third-order valence-corrected chi connectivity index (χ3v) is 3.77. The smallest absolute Gasteiger partial charge is 0.132 e. The molecule has 0 aliphatic heterocycles. The summed E-state index contributed by atoms with van der Waals surface area (Å²) in [5, 5.41) is 13.0. The van der Waals surface area contributed by atoms with E-state index in [9.17, 15) is 0 Å². The maximum Gasteiger partial charge on any atom is 0.132 e. The molecule has 2 rings (SSSR count). The summed E-state index contributed by atoms with van der Waals surface area (Å²) in [6, 6.07) is 4.95. The second-order valence-corrected chi connectivity index (χ2v) is 5.34. The third-order valence-electron chi connectivity index (χ3n) is 3.10. The molecular formula is C14H16Cl2N4O. The number of ether oxygens (including phenoxy) is 1. The summed E-state index contributed by atoms with van der Waals surface area (Å²) in [7, 11) is 1.81. The van der Waals surface area contributed by atoms with Crippen LogP contribution in [0.2, 0.25) is 10.0 Å². The van der Waals surface area contributed by atoms with Crippen molar-refractivity contribution in [2.45, 2.75) is 20.0 Å². The Bertz CT molecular complexity index is 682. The molecule has 1 aromatic heterocycles. The minimum absolute atomic E-state index is 0.0768. The first-order valence-electron chi connectivity index (χ1n) is 6.41. The highest BCUT2D eigenvalue weighted by Crippen LogP contribution is 2.26. The van der Waals surface area contributed by atoms with Crippen LogP contribution in [0.5, 0.6) is 5.75 Å². The molecule has 7 heteroatoms. The Hall–Kier alpha value is -1.72. The molecule has 1 aromatic carbocycles. The fraction of sp³-hybridized carbons (Fsp3) is 0.286. The second kappa shape index (κ2) is 6.37. The molecule has 0 spiro atoms. The molecular weight excluding hydrogens is 311 g/mol. The molecule has 0 saturated heterocycles. The van der Waals surface area contributed by atoms with Gasteiger partial charge in [-0.2, -0.15) is 5.10 Å². The molecule has 0 atom stereocenters. The number of nitrogens with zero attached hydrogens (tertiary/aromatic N) is 2. The van der Waals surface area contributed by atoms with Gasteiger partial charge in [0.15, 0.2) is 0 Å². The summed E-state index contributed by atoms with van der Waals surface area (Å²) in [5.74, 6) is 0.373. The Balaban J connectivity index is 2.26. The standard InChI is InChI=1S/C14H16Cl2N4O/c1-3-10-13(16)11(20(2)19-10)7-21-12-6-8(15)4-5-9(12)14(17)18/h4-6H,3,7H2,1-2H3,(H3,17,18). The van der Waals surface area contributed by atoms with Gasteiger partial charge < -0.3 is 10.5 Å². The van der Waals surface area contributed by atoms with Crippen LogP contribution in [0, 0.1) is 5.41 Å². The molecule has 0 radical (unpaired) electrons. The number of aromatic nitrogens is 2. The van der Waals surface area contributed by atoms with Gasteiger partial charge in [0.25, 0.3) is 0 Å². The summed E-state index contributed by atoms with van der Waals surface area (Å²) in [6.07, 6.45) is 0.753. The van der Waals surface area contributed by atoms with Crippen LogP contribution in [0.4, 0.5) is 0 Å². The van der Waals surface area contributed by atoms with E-state index in [0.29, 0.717) is 21.4 Å². The van der Waals surface area contributed by atoms with Crippen molar-refractivity contribution in [1.82, 2.24) is 9.78 Å². The van der Waals surface area contributed by atoms with Gasteiger partial charge >= 0.3 is 0 Å². The van der Waals surface area contributed by atoms with Crippen molar-refractivity contribution < 1.29 is 4.74 Å². The Labute approximate surface area is 133 Å². The highest BCUT2D eigenvalue weighted by atomic mass is 35.5. The van der Waals surface area contributed by atoms with Gasteiger partial charge in [0.05, 0.1) is 22.0 Å². The molecule has 0 bridgehead atoms. The lowest BCUT2D eigenvalue weighted by molar-refractivity contribution is 0.294. The fourth-order valence-electron chi connectivity index (χ4n) is 1.96. The van der Waals surface area contributed by atoms with Gasteiger partial charge in [0, 0.05) is 12.1 Å². The first kappa shape index (κ1) is 15.7. The number of nitrogen functional groups attached to an aromatic ring is 1. The molecule has 0 aliphatic rings. The molecule has 5 nitrogen and oxygen atoms in total. The van der Waals surface area contributed by atoms with E-state index >= 15 is 0 Å². The Morgan fingerprint density at radius 2 is 2.14 bits per heavy atom. The van der Waals surface area contributed by atoms with Crippen molar-refractivity contribution in [3.63, 3.8) is 0 Å². The first-order chi connectivity index (χ1) is 9.93. The van der Waals surface area contributed by atoms with Gasteiger partial charge in [-0.3, -0.25) is 10.1 Å². The van der Waals surface area contributed by atoms with Crippen molar-refractivity contribution in [3.05, 3.63) is 45.2 Å². The summed E-state index contributed by atoms with van der Waals surface area (Å²) >= 11 is 12.2. The Kier molecular flexibility index (Phi) is 4.75. The predicted molar refractivity (Wildman–Crippen MR) is 84.4 cm³/mol. The molecule has 2 aromatic rings. The first-order valence-corrected chi connectivity index (χ1v) is 7.16. The van der Waals surface area contributed by atoms with Crippen LogP contribution >= 0.6 is 23.2 Å². The molecule has 0 saturated carbocycles. The monoisotopic (exact) mass is 326 g/mol. The van der Waals surface area contributed by atoms with Crippen molar-refractivity contribution in [3.8, 4) is 5.75 Å². The van der Waals surface area contributed by atoms with E-state index in [1.807, 2.05) is 14.0 Å².